The zero-order chi connectivity index (χ0) is 13.0. The van der Waals surface area contributed by atoms with Crippen LogP contribution in [0.5, 0.6) is 0 Å². The van der Waals surface area contributed by atoms with Gasteiger partial charge in [0.05, 0.1) is 5.56 Å². The van der Waals surface area contributed by atoms with Crippen molar-refractivity contribution in [1.29, 1.82) is 0 Å². The van der Waals surface area contributed by atoms with Crippen LogP contribution in [0.25, 0.3) is 0 Å². The lowest BCUT2D eigenvalue weighted by Gasteiger charge is -2.21. The normalized spacial score (nSPS) is 19.5. The number of thioether (sulfide) groups is 2. The lowest BCUT2D eigenvalue weighted by Crippen LogP contribution is -2.33. The number of carbonyl (C=O) groups is 1. The molecule has 18 heavy (non-hydrogen) atoms. The summed E-state index contributed by atoms with van der Waals surface area (Å²) in [6.45, 7) is 0.720. The SMILES string of the molecule is Nc1ccc(Br)c(C(=O)NCC2CSCCS2)c1. The molecule has 1 unspecified atom stereocenters. The quantitative estimate of drug-likeness (QED) is 0.826. The van der Waals surface area contributed by atoms with Crippen LogP contribution in [0.2, 0.25) is 0 Å². The Bertz CT molecular complexity index is 436. The number of nitrogens with one attached hydrogen (secondary N) is 1. The van der Waals surface area contributed by atoms with Gasteiger partial charge >= 0.3 is 0 Å². The monoisotopic (exact) mass is 346 g/mol. The molecule has 0 radical (unpaired) electrons. The highest BCUT2D eigenvalue weighted by Gasteiger charge is 2.16. The Kier molecular flexibility index (Phi) is 5.26. The molecule has 3 nitrogen and oxygen atoms in total. The summed E-state index contributed by atoms with van der Waals surface area (Å²) in [7, 11) is 0. The van der Waals surface area contributed by atoms with Gasteiger partial charge in [0.15, 0.2) is 0 Å². The summed E-state index contributed by atoms with van der Waals surface area (Å²) < 4.78 is 0.778. The fraction of sp³-hybridized carbons (Fsp3) is 0.417. The summed E-state index contributed by atoms with van der Waals surface area (Å²) in [5.74, 6) is 3.44. The van der Waals surface area contributed by atoms with Gasteiger partial charge < -0.3 is 11.1 Å². The van der Waals surface area contributed by atoms with E-state index in [9.17, 15) is 4.79 Å². The Labute approximate surface area is 124 Å². The molecule has 98 valence electrons. The van der Waals surface area contributed by atoms with Crippen LogP contribution in [0.15, 0.2) is 22.7 Å². The molecule has 0 saturated carbocycles. The number of nitrogen functional groups attached to an aromatic ring is 1. The van der Waals surface area contributed by atoms with Crippen molar-refractivity contribution in [2.24, 2.45) is 0 Å². The minimum absolute atomic E-state index is 0.0645. The van der Waals surface area contributed by atoms with Crippen LogP contribution < -0.4 is 11.1 Å². The van der Waals surface area contributed by atoms with Gasteiger partial charge in [0.25, 0.3) is 5.91 Å². The molecule has 0 aromatic heterocycles. The molecule has 1 atom stereocenters. The molecule has 0 spiro atoms. The summed E-state index contributed by atoms with van der Waals surface area (Å²) in [6.07, 6.45) is 0. The van der Waals surface area contributed by atoms with Gasteiger partial charge in [-0.3, -0.25) is 4.79 Å². The predicted octanol–water partition coefficient (Wildman–Crippen LogP) is 2.61. The molecule has 1 aliphatic heterocycles. The van der Waals surface area contributed by atoms with E-state index in [4.69, 9.17) is 5.73 Å². The molecule has 1 fully saturated rings. The molecule has 0 aliphatic carbocycles. The first-order valence-corrected chi connectivity index (χ1v) is 8.69. The number of amides is 1. The first kappa shape index (κ1) is 14.1. The van der Waals surface area contributed by atoms with Crippen molar-refractivity contribution in [3.63, 3.8) is 0 Å². The van der Waals surface area contributed by atoms with Crippen molar-refractivity contribution in [3.8, 4) is 0 Å². The molecular weight excluding hydrogens is 332 g/mol. The molecule has 1 heterocycles. The Morgan fingerprint density at radius 2 is 2.33 bits per heavy atom. The second-order valence-electron chi connectivity index (χ2n) is 4.02. The second kappa shape index (κ2) is 6.73. The van der Waals surface area contributed by atoms with E-state index in [0.29, 0.717) is 16.5 Å². The number of halogens is 1. The van der Waals surface area contributed by atoms with Gasteiger partial charge in [0.2, 0.25) is 0 Å². The minimum atomic E-state index is -0.0645. The number of nitrogens with two attached hydrogens (primary N) is 1. The molecule has 0 bridgehead atoms. The standard InChI is InChI=1S/C12H15BrN2OS2/c13-11-2-1-8(14)5-10(11)12(16)15-6-9-7-17-3-4-18-9/h1-2,5,9H,3-4,6-7,14H2,(H,15,16). The lowest BCUT2D eigenvalue weighted by atomic mass is 10.2. The fourth-order valence-electron chi connectivity index (χ4n) is 1.67. The predicted molar refractivity (Wildman–Crippen MR) is 84.5 cm³/mol. The smallest absolute Gasteiger partial charge is 0.252 e. The Balaban J connectivity index is 1.92. The third-order valence-corrected chi connectivity index (χ3v) is 6.15. The maximum absolute atomic E-state index is 12.0. The molecule has 6 heteroatoms. The molecule has 1 aliphatic rings. The van der Waals surface area contributed by atoms with Crippen LogP contribution >= 0.6 is 39.5 Å². The second-order valence-corrected chi connectivity index (χ2v) is 7.43. The third-order valence-electron chi connectivity index (χ3n) is 2.61. The molecule has 1 saturated heterocycles. The minimum Gasteiger partial charge on any atom is -0.399 e. The zero-order valence-electron chi connectivity index (χ0n) is 9.82. The number of hydrogen-bond donors (Lipinski definition) is 2. The van der Waals surface area contributed by atoms with E-state index >= 15 is 0 Å². The molecule has 2 rings (SSSR count). The van der Waals surface area contributed by atoms with Crippen LogP contribution in [0.1, 0.15) is 10.4 Å². The van der Waals surface area contributed by atoms with Crippen LogP contribution in [0, 0.1) is 0 Å². The van der Waals surface area contributed by atoms with Crippen molar-refractivity contribution in [3.05, 3.63) is 28.2 Å². The maximum Gasteiger partial charge on any atom is 0.252 e. The van der Waals surface area contributed by atoms with E-state index in [1.54, 1.807) is 18.2 Å². The summed E-state index contributed by atoms with van der Waals surface area (Å²) >= 11 is 7.26. The first-order chi connectivity index (χ1) is 8.66. The van der Waals surface area contributed by atoms with Crippen LogP contribution in [0.3, 0.4) is 0 Å². The molecule has 3 N–H and O–H groups in total. The fourth-order valence-corrected chi connectivity index (χ4v) is 4.71. The zero-order valence-corrected chi connectivity index (χ0v) is 13.0. The largest absolute Gasteiger partial charge is 0.399 e. The van der Waals surface area contributed by atoms with Crippen LogP contribution in [-0.2, 0) is 0 Å². The highest BCUT2D eigenvalue weighted by molar-refractivity contribution is 9.10. The van der Waals surface area contributed by atoms with Crippen molar-refractivity contribution < 1.29 is 4.79 Å². The van der Waals surface area contributed by atoms with E-state index in [1.807, 2.05) is 23.5 Å². The average Bonchev–Trinajstić information content (AvgIpc) is 2.40. The molecule has 1 aromatic rings. The molecule has 1 aromatic carbocycles. The van der Waals surface area contributed by atoms with Crippen LogP contribution in [0.4, 0.5) is 5.69 Å². The highest BCUT2D eigenvalue weighted by Crippen LogP contribution is 2.24. The van der Waals surface area contributed by atoms with E-state index in [-0.39, 0.29) is 5.91 Å². The van der Waals surface area contributed by atoms with E-state index < -0.39 is 0 Å². The summed E-state index contributed by atoms with van der Waals surface area (Å²) in [5, 5.41) is 3.50. The number of rotatable bonds is 3. The van der Waals surface area contributed by atoms with E-state index in [1.165, 1.54) is 11.5 Å². The van der Waals surface area contributed by atoms with Crippen molar-refractivity contribution in [2.75, 3.05) is 29.5 Å². The number of carbonyl (C=O) groups excluding carboxylic acids is 1. The van der Waals surface area contributed by atoms with Crippen LogP contribution in [-0.4, -0.2) is 35.0 Å². The van der Waals surface area contributed by atoms with Gasteiger partial charge in [-0.2, -0.15) is 23.5 Å². The topological polar surface area (TPSA) is 55.1 Å². The first-order valence-electron chi connectivity index (χ1n) is 5.69. The van der Waals surface area contributed by atoms with Crippen molar-refractivity contribution in [2.45, 2.75) is 5.25 Å². The average molecular weight is 347 g/mol. The third kappa shape index (κ3) is 3.83. The summed E-state index contributed by atoms with van der Waals surface area (Å²) in [5.41, 5.74) is 6.90. The highest BCUT2D eigenvalue weighted by atomic mass is 79.9. The maximum atomic E-state index is 12.0. The molecule has 1 amide bonds. The number of benzene rings is 1. The number of anilines is 1. The van der Waals surface area contributed by atoms with Gasteiger partial charge in [-0.1, -0.05) is 0 Å². The van der Waals surface area contributed by atoms with Crippen molar-refractivity contribution in [1.82, 2.24) is 5.32 Å². The van der Waals surface area contributed by atoms with Gasteiger partial charge in [0.1, 0.15) is 0 Å². The number of hydrogen-bond acceptors (Lipinski definition) is 4. The van der Waals surface area contributed by atoms with E-state index in [2.05, 4.69) is 21.2 Å². The van der Waals surface area contributed by atoms with Gasteiger partial charge in [-0.05, 0) is 34.1 Å². The molecular formula is C12H15BrN2OS2. The van der Waals surface area contributed by atoms with Gasteiger partial charge in [-0.25, -0.2) is 0 Å². The Morgan fingerprint density at radius 1 is 1.50 bits per heavy atom. The Hall–Kier alpha value is -0.330. The van der Waals surface area contributed by atoms with Gasteiger partial charge in [0, 0.05) is 39.2 Å². The summed E-state index contributed by atoms with van der Waals surface area (Å²) in [4.78, 5) is 12.0. The lowest BCUT2D eigenvalue weighted by molar-refractivity contribution is 0.0953. The van der Waals surface area contributed by atoms with E-state index in [0.717, 1.165) is 16.8 Å². The summed E-state index contributed by atoms with van der Waals surface area (Å²) in [6, 6.07) is 5.27. The Morgan fingerprint density at radius 3 is 3.06 bits per heavy atom. The van der Waals surface area contributed by atoms with Crippen molar-refractivity contribution >= 4 is 51.0 Å². The van der Waals surface area contributed by atoms with Gasteiger partial charge in [-0.15, -0.1) is 0 Å².